The number of hydrogen-bond acceptors (Lipinski definition) is 2. The summed E-state index contributed by atoms with van der Waals surface area (Å²) in [5, 5.41) is 0. The number of hydrogen-bond donors (Lipinski definition) is 0. The van der Waals surface area contributed by atoms with Gasteiger partial charge in [0, 0.05) is 24.7 Å². The number of ketones is 1. The second kappa shape index (κ2) is 27.2. The van der Waals surface area contributed by atoms with Gasteiger partial charge in [-0.2, -0.15) is 0 Å². The van der Waals surface area contributed by atoms with Crippen LogP contribution < -0.4 is 0 Å². The minimum Gasteiger partial charge on any atom is -0.299 e. The van der Waals surface area contributed by atoms with Crippen LogP contribution in [0, 0.1) is 17.8 Å². The van der Waals surface area contributed by atoms with Crippen molar-refractivity contribution in [1.82, 2.24) is 4.98 Å². The van der Waals surface area contributed by atoms with Gasteiger partial charge >= 0.3 is 0 Å². The molecular weight excluding hydrogens is 426 g/mol. The number of unbranched alkanes of at least 4 members (excludes halogenated alkanes) is 2. The van der Waals surface area contributed by atoms with Crippen molar-refractivity contribution in [3.63, 3.8) is 0 Å². The molecule has 2 nitrogen and oxygen atoms in total. The third kappa shape index (κ3) is 22.7. The molecule has 0 aromatic carbocycles. The molecule has 0 amide bonds. The molecule has 0 spiro atoms. The zero-order chi connectivity index (χ0) is 26.7. The molecule has 1 aromatic heterocycles. The molecule has 0 fully saturated rings. The van der Waals surface area contributed by atoms with E-state index in [9.17, 15) is 4.79 Å². The quantitative estimate of drug-likeness (QED) is 0.259. The monoisotopic (exact) mass is 487 g/mol. The predicted molar refractivity (Wildman–Crippen MR) is 158 cm³/mol. The molecule has 2 unspecified atom stereocenters. The Morgan fingerprint density at radius 1 is 0.914 bits per heavy atom. The van der Waals surface area contributed by atoms with E-state index in [1.165, 1.54) is 44.1 Å². The Balaban J connectivity index is 0. The molecule has 35 heavy (non-hydrogen) atoms. The Morgan fingerprint density at radius 2 is 1.51 bits per heavy atom. The molecule has 0 saturated carbocycles. The fourth-order valence-electron chi connectivity index (χ4n) is 3.91. The lowest BCUT2D eigenvalue weighted by Crippen LogP contribution is -2.13. The zero-order valence-electron chi connectivity index (χ0n) is 25.0. The maximum atomic E-state index is 11.7. The first-order valence-corrected chi connectivity index (χ1v) is 15.0. The maximum absolute atomic E-state index is 11.7. The molecular formula is C33H61NO. The van der Waals surface area contributed by atoms with Gasteiger partial charge in [0.05, 0.1) is 0 Å². The summed E-state index contributed by atoms with van der Waals surface area (Å²) in [5.41, 5.74) is 1.35. The topological polar surface area (TPSA) is 30.0 Å². The summed E-state index contributed by atoms with van der Waals surface area (Å²) in [6, 6.07) is 4.06. The summed E-state index contributed by atoms with van der Waals surface area (Å²) in [4.78, 5) is 15.6. The Morgan fingerprint density at radius 3 is 1.89 bits per heavy atom. The lowest BCUT2D eigenvalue weighted by atomic mass is 9.91. The van der Waals surface area contributed by atoms with E-state index in [1.54, 1.807) is 0 Å². The highest BCUT2D eigenvalue weighted by Gasteiger charge is 2.15. The van der Waals surface area contributed by atoms with Crippen LogP contribution in [0.1, 0.15) is 144 Å². The van der Waals surface area contributed by atoms with Crippen molar-refractivity contribution in [3.05, 3.63) is 42.2 Å². The third-order valence-corrected chi connectivity index (χ3v) is 6.68. The molecule has 1 aromatic rings. The van der Waals surface area contributed by atoms with Gasteiger partial charge in [-0.1, -0.05) is 106 Å². The molecule has 2 rings (SSSR count). The standard InChI is InChI=1S/C12H24O.C10H18.C7H9N.C4H10/c1-4-7-10-12(13)11(8-5-2)9-6-3;1-3-9(2)8-10-6-4-5-7-10;1-2-7-3-5-8-6-4-7;1-3-4-2/h11H,4-10H2,1-3H3;4,6,9-10H,3,5,7-8H2,1-2H3;3-6H,2H2,1H3;3-4H2,1-2H3. The van der Waals surface area contributed by atoms with Crippen LogP contribution in [0.4, 0.5) is 0 Å². The van der Waals surface area contributed by atoms with Crippen LogP contribution in [0.5, 0.6) is 0 Å². The average Bonchev–Trinajstić information content (AvgIpc) is 3.41. The largest absolute Gasteiger partial charge is 0.299 e. The lowest BCUT2D eigenvalue weighted by Gasteiger charge is -2.13. The number of allylic oxidation sites excluding steroid dienone is 2. The van der Waals surface area contributed by atoms with Crippen molar-refractivity contribution in [2.24, 2.45) is 17.8 Å². The van der Waals surface area contributed by atoms with Gasteiger partial charge in [0.2, 0.25) is 0 Å². The molecule has 2 atom stereocenters. The van der Waals surface area contributed by atoms with Crippen LogP contribution in [-0.4, -0.2) is 10.8 Å². The first-order valence-electron chi connectivity index (χ1n) is 15.0. The van der Waals surface area contributed by atoms with Gasteiger partial charge in [0.25, 0.3) is 0 Å². The second-order valence-corrected chi connectivity index (χ2v) is 10.1. The summed E-state index contributed by atoms with van der Waals surface area (Å²) < 4.78 is 0. The Hall–Kier alpha value is -1.44. The maximum Gasteiger partial charge on any atom is 0.135 e. The van der Waals surface area contributed by atoms with E-state index in [2.05, 4.69) is 72.5 Å². The number of carbonyl (C=O) groups is 1. The molecule has 204 valence electrons. The van der Waals surface area contributed by atoms with Gasteiger partial charge in [-0.3, -0.25) is 9.78 Å². The normalized spacial score (nSPS) is 14.7. The Kier molecular flexibility index (Phi) is 27.7. The first-order chi connectivity index (χ1) is 16.9. The fourth-order valence-corrected chi connectivity index (χ4v) is 3.91. The van der Waals surface area contributed by atoms with Crippen molar-refractivity contribution >= 4 is 5.78 Å². The highest BCUT2D eigenvalue weighted by Crippen LogP contribution is 2.25. The van der Waals surface area contributed by atoms with E-state index in [0.717, 1.165) is 63.2 Å². The van der Waals surface area contributed by atoms with Gasteiger partial charge in [-0.25, -0.2) is 0 Å². The second-order valence-electron chi connectivity index (χ2n) is 10.1. The number of aromatic nitrogens is 1. The summed E-state index contributed by atoms with van der Waals surface area (Å²) in [6.07, 6.45) is 25.1. The van der Waals surface area contributed by atoms with Crippen LogP contribution in [0.15, 0.2) is 36.7 Å². The molecule has 2 heteroatoms. The van der Waals surface area contributed by atoms with Crippen LogP contribution in [0.3, 0.4) is 0 Å². The Labute approximate surface area is 220 Å². The summed E-state index contributed by atoms with van der Waals surface area (Å²) in [5.74, 6) is 2.70. The molecule has 0 radical (unpaired) electrons. The molecule has 0 saturated heterocycles. The van der Waals surface area contributed by atoms with Crippen LogP contribution in [0.25, 0.3) is 0 Å². The first kappa shape index (κ1) is 35.7. The molecule has 0 bridgehead atoms. The molecule has 0 aliphatic heterocycles. The number of rotatable bonds is 13. The van der Waals surface area contributed by atoms with Crippen molar-refractivity contribution < 1.29 is 4.79 Å². The SMILES string of the molecule is CCC(C)CC1C=CCC1.CCCC.CCCCC(=O)C(CCC)CCC.CCc1ccncc1. The number of Topliss-reactive ketones (excluding diaryl/α,β-unsaturated/α-hetero) is 1. The van der Waals surface area contributed by atoms with Gasteiger partial charge in [-0.05, 0) is 74.5 Å². The van der Waals surface area contributed by atoms with E-state index in [0.29, 0.717) is 11.7 Å². The Bertz CT molecular complexity index is 572. The van der Waals surface area contributed by atoms with Crippen LogP contribution >= 0.6 is 0 Å². The minimum atomic E-state index is 0.363. The highest BCUT2D eigenvalue weighted by atomic mass is 16.1. The molecule has 1 aliphatic rings. The predicted octanol–water partition coefficient (Wildman–Crippen LogP) is 10.8. The smallest absolute Gasteiger partial charge is 0.135 e. The number of carbonyl (C=O) groups excluding carboxylic acids is 1. The van der Waals surface area contributed by atoms with E-state index < -0.39 is 0 Å². The van der Waals surface area contributed by atoms with Crippen molar-refractivity contribution in [2.45, 2.75) is 145 Å². The molecule has 1 heterocycles. The fraction of sp³-hybridized carbons (Fsp3) is 0.758. The minimum absolute atomic E-state index is 0.363. The zero-order valence-corrected chi connectivity index (χ0v) is 25.0. The van der Waals surface area contributed by atoms with E-state index in [-0.39, 0.29) is 0 Å². The van der Waals surface area contributed by atoms with Crippen LogP contribution in [-0.2, 0) is 11.2 Å². The summed E-state index contributed by atoms with van der Waals surface area (Å²) >= 11 is 0. The van der Waals surface area contributed by atoms with E-state index >= 15 is 0 Å². The van der Waals surface area contributed by atoms with Crippen molar-refractivity contribution in [1.29, 1.82) is 0 Å². The van der Waals surface area contributed by atoms with Gasteiger partial charge in [0.1, 0.15) is 5.78 Å². The molecule has 1 aliphatic carbocycles. The lowest BCUT2D eigenvalue weighted by molar-refractivity contribution is -0.123. The number of pyridine rings is 1. The van der Waals surface area contributed by atoms with Gasteiger partial charge in [-0.15, -0.1) is 0 Å². The van der Waals surface area contributed by atoms with Crippen molar-refractivity contribution in [3.8, 4) is 0 Å². The average molecular weight is 488 g/mol. The summed E-state index contributed by atoms with van der Waals surface area (Å²) in [7, 11) is 0. The van der Waals surface area contributed by atoms with Crippen molar-refractivity contribution in [2.75, 3.05) is 0 Å². The van der Waals surface area contributed by atoms with E-state index in [1.807, 2.05) is 24.5 Å². The van der Waals surface area contributed by atoms with E-state index in [4.69, 9.17) is 0 Å². The molecule has 0 N–H and O–H groups in total. The number of nitrogens with zero attached hydrogens (tertiary/aromatic N) is 1. The van der Waals surface area contributed by atoms with Gasteiger partial charge < -0.3 is 0 Å². The highest BCUT2D eigenvalue weighted by molar-refractivity contribution is 5.80. The number of aryl methyl sites for hydroxylation is 1. The van der Waals surface area contributed by atoms with Crippen LogP contribution in [0.2, 0.25) is 0 Å². The third-order valence-electron chi connectivity index (χ3n) is 6.68. The summed E-state index contributed by atoms with van der Waals surface area (Å²) in [6.45, 7) is 17.6. The van der Waals surface area contributed by atoms with Gasteiger partial charge in [0.15, 0.2) is 0 Å².